The third-order valence-corrected chi connectivity index (χ3v) is 3.82. The van der Waals surface area contributed by atoms with Crippen LogP contribution in [0.25, 0.3) is 6.08 Å². The zero-order chi connectivity index (χ0) is 17.1. The van der Waals surface area contributed by atoms with E-state index in [0.717, 1.165) is 16.0 Å². The Hall–Kier alpha value is -3.10. The second kappa shape index (κ2) is 6.57. The van der Waals surface area contributed by atoms with E-state index in [1.54, 1.807) is 54.6 Å². The molecule has 2 aromatic carbocycles. The van der Waals surface area contributed by atoms with Crippen molar-refractivity contribution >= 4 is 29.6 Å². The Morgan fingerprint density at radius 1 is 1.08 bits per heavy atom. The molecular weight excluding hydrogens is 326 g/mol. The molecule has 1 aliphatic rings. The molecule has 0 saturated carbocycles. The van der Waals surface area contributed by atoms with E-state index in [9.17, 15) is 9.59 Å². The van der Waals surface area contributed by atoms with Gasteiger partial charge in [0.25, 0.3) is 5.91 Å². The summed E-state index contributed by atoms with van der Waals surface area (Å²) in [7, 11) is 0. The first-order valence-corrected chi connectivity index (χ1v) is 7.54. The van der Waals surface area contributed by atoms with Crippen LogP contribution in [-0.2, 0) is 11.3 Å². The van der Waals surface area contributed by atoms with Crippen molar-refractivity contribution in [2.75, 3.05) is 0 Å². The number of halogens is 1. The molecule has 3 rings (SSSR count). The number of urea groups is 1. The smallest absolute Gasteiger partial charge is 0.303 e. The third kappa shape index (κ3) is 3.29. The van der Waals surface area contributed by atoms with Gasteiger partial charge in [0.15, 0.2) is 0 Å². The maximum Gasteiger partial charge on any atom is 0.329 e. The number of rotatable bonds is 3. The van der Waals surface area contributed by atoms with Crippen molar-refractivity contribution in [1.82, 2.24) is 10.2 Å². The van der Waals surface area contributed by atoms with Crippen molar-refractivity contribution in [2.45, 2.75) is 6.54 Å². The monoisotopic (exact) mass is 337 g/mol. The molecule has 5 nitrogen and oxygen atoms in total. The molecular formula is C18H12ClN3O2. The van der Waals surface area contributed by atoms with E-state index in [1.165, 1.54) is 0 Å². The molecule has 0 atom stereocenters. The molecule has 0 aliphatic carbocycles. The lowest BCUT2D eigenvalue weighted by atomic mass is 10.1. The van der Waals surface area contributed by atoms with E-state index in [4.69, 9.17) is 16.9 Å². The Morgan fingerprint density at radius 2 is 1.75 bits per heavy atom. The summed E-state index contributed by atoms with van der Waals surface area (Å²) < 4.78 is 0. The zero-order valence-electron chi connectivity index (χ0n) is 12.5. The largest absolute Gasteiger partial charge is 0.329 e. The van der Waals surface area contributed by atoms with Gasteiger partial charge in [0, 0.05) is 5.02 Å². The molecule has 0 radical (unpaired) electrons. The molecule has 2 aromatic rings. The van der Waals surface area contributed by atoms with E-state index in [1.807, 2.05) is 6.07 Å². The number of amides is 3. The minimum atomic E-state index is -0.463. The molecule has 0 bridgehead atoms. The summed E-state index contributed by atoms with van der Waals surface area (Å²) in [6.07, 6.45) is 1.59. The van der Waals surface area contributed by atoms with Gasteiger partial charge in [0.05, 0.1) is 18.2 Å². The topological polar surface area (TPSA) is 73.2 Å². The summed E-state index contributed by atoms with van der Waals surface area (Å²) >= 11 is 5.83. The Morgan fingerprint density at radius 3 is 2.38 bits per heavy atom. The van der Waals surface area contributed by atoms with Crippen LogP contribution in [0.4, 0.5) is 4.79 Å². The molecule has 1 aliphatic heterocycles. The van der Waals surface area contributed by atoms with Crippen LogP contribution in [0.15, 0.2) is 54.2 Å². The lowest BCUT2D eigenvalue weighted by Crippen LogP contribution is -2.30. The molecule has 1 N–H and O–H groups in total. The van der Waals surface area contributed by atoms with E-state index >= 15 is 0 Å². The van der Waals surface area contributed by atoms with Gasteiger partial charge in [-0.1, -0.05) is 35.9 Å². The van der Waals surface area contributed by atoms with E-state index in [-0.39, 0.29) is 18.1 Å². The van der Waals surface area contributed by atoms with Gasteiger partial charge in [-0.2, -0.15) is 5.26 Å². The fourth-order valence-corrected chi connectivity index (χ4v) is 2.43. The summed E-state index contributed by atoms with van der Waals surface area (Å²) in [4.78, 5) is 25.6. The van der Waals surface area contributed by atoms with Crippen LogP contribution in [0, 0.1) is 11.3 Å². The van der Waals surface area contributed by atoms with Gasteiger partial charge in [-0.25, -0.2) is 4.79 Å². The van der Waals surface area contributed by atoms with Crippen molar-refractivity contribution in [3.05, 3.63) is 75.9 Å². The fraction of sp³-hybridized carbons (Fsp3) is 0.0556. The average Bonchev–Trinajstić information content (AvgIpc) is 2.85. The maximum absolute atomic E-state index is 12.4. The number of benzene rings is 2. The molecule has 0 aromatic heterocycles. The Kier molecular flexibility index (Phi) is 4.32. The number of carbonyl (C=O) groups excluding carboxylic acids is 2. The molecule has 1 saturated heterocycles. The van der Waals surface area contributed by atoms with Gasteiger partial charge in [0.1, 0.15) is 5.70 Å². The highest BCUT2D eigenvalue weighted by atomic mass is 35.5. The predicted molar refractivity (Wildman–Crippen MR) is 89.7 cm³/mol. The standard InChI is InChI=1S/C18H12ClN3O2/c19-15-7-5-14(6-8-15)11-22-17(23)16(21-18(22)24)9-12-1-3-13(10-20)4-2-12/h1-9H,11H2,(H,21,24)/b16-9-. The fourth-order valence-electron chi connectivity index (χ4n) is 2.31. The lowest BCUT2D eigenvalue weighted by Gasteiger charge is -2.11. The average molecular weight is 338 g/mol. The Bertz CT molecular complexity index is 865. The molecule has 1 heterocycles. The second-order valence-corrected chi connectivity index (χ2v) is 5.68. The highest BCUT2D eigenvalue weighted by Crippen LogP contribution is 2.18. The molecule has 6 heteroatoms. The molecule has 0 spiro atoms. The van der Waals surface area contributed by atoms with Crippen LogP contribution in [-0.4, -0.2) is 16.8 Å². The van der Waals surface area contributed by atoms with Gasteiger partial charge in [0.2, 0.25) is 0 Å². The van der Waals surface area contributed by atoms with E-state index in [2.05, 4.69) is 5.32 Å². The number of nitriles is 1. The molecule has 3 amide bonds. The minimum Gasteiger partial charge on any atom is -0.303 e. The van der Waals surface area contributed by atoms with Gasteiger partial charge in [-0.05, 0) is 41.5 Å². The first-order chi connectivity index (χ1) is 11.6. The SMILES string of the molecule is N#Cc1ccc(/C=C2\NC(=O)N(Cc3ccc(Cl)cc3)C2=O)cc1. The highest BCUT2D eigenvalue weighted by molar-refractivity contribution is 6.30. The summed E-state index contributed by atoms with van der Waals surface area (Å²) in [5.74, 6) is -0.390. The van der Waals surface area contributed by atoms with Crippen molar-refractivity contribution in [3.8, 4) is 6.07 Å². The molecule has 118 valence electrons. The van der Waals surface area contributed by atoms with Crippen LogP contribution < -0.4 is 5.32 Å². The Labute approximate surface area is 143 Å². The first kappa shape index (κ1) is 15.8. The van der Waals surface area contributed by atoms with Crippen molar-refractivity contribution in [2.24, 2.45) is 0 Å². The van der Waals surface area contributed by atoms with Crippen LogP contribution in [0.3, 0.4) is 0 Å². The van der Waals surface area contributed by atoms with Crippen molar-refractivity contribution in [1.29, 1.82) is 5.26 Å². The summed E-state index contributed by atoms with van der Waals surface area (Å²) in [5, 5.41) is 12.0. The molecule has 1 fully saturated rings. The first-order valence-electron chi connectivity index (χ1n) is 7.16. The predicted octanol–water partition coefficient (Wildman–Crippen LogP) is 3.30. The number of imide groups is 1. The minimum absolute atomic E-state index is 0.173. The number of hydrogen-bond donors (Lipinski definition) is 1. The van der Waals surface area contributed by atoms with Gasteiger partial charge < -0.3 is 5.32 Å². The van der Waals surface area contributed by atoms with Gasteiger partial charge in [-0.15, -0.1) is 0 Å². The van der Waals surface area contributed by atoms with Gasteiger partial charge in [-0.3, -0.25) is 9.69 Å². The van der Waals surface area contributed by atoms with Crippen molar-refractivity contribution in [3.63, 3.8) is 0 Å². The lowest BCUT2D eigenvalue weighted by molar-refractivity contribution is -0.123. The van der Waals surface area contributed by atoms with E-state index in [0.29, 0.717) is 10.6 Å². The highest BCUT2D eigenvalue weighted by Gasteiger charge is 2.33. The van der Waals surface area contributed by atoms with E-state index < -0.39 is 6.03 Å². The third-order valence-electron chi connectivity index (χ3n) is 3.57. The van der Waals surface area contributed by atoms with Gasteiger partial charge >= 0.3 is 6.03 Å². The molecule has 24 heavy (non-hydrogen) atoms. The number of nitrogens with one attached hydrogen (secondary N) is 1. The summed E-state index contributed by atoms with van der Waals surface area (Å²) in [6.45, 7) is 0.173. The van der Waals surface area contributed by atoms with Crippen LogP contribution in [0.1, 0.15) is 16.7 Å². The van der Waals surface area contributed by atoms with Crippen LogP contribution in [0.5, 0.6) is 0 Å². The zero-order valence-corrected chi connectivity index (χ0v) is 13.2. The second-order valence-electron chi connectivity index (χ2n) is 5.24. The van der Waals surface area contributed by atoms with Crippen LogP contribution in [0.2, 0.25) is 5.02 Å². The van der Waals surface area contributed by atoms with Crippen LogP contribution >= 0.6 is 11.6 Å². The van der Waals surface area contributed by atoms with Crippen molar-refractivity contribution < 1.29 is 9.59 Å². The normalized spacial score (nSPS) is 15.5. The number of hydrogen-bond acceptors (Lipinski definition) is 3. The summed E-state index contributed by atoms with van der Waals surface area (Å²) in [6, 6.07) is 15.3. The number of carbonyl (C=O) groups is 2. The molecule has 0 unspecified atom stereocenters. The maximum atomic E-state index is 12.4. The number of nitrogens with zero attached hydrogens (tertiary/aromatic N) is 2. The Balaban J connectivity index is 1.79. The summed E-state index contributed by atoms with van der Waals surface area (Å²) in [5.41, 5.74) is 2.27. The quantitative estimate of drug-likeness (QED) is 0.689.